The molecule has 2 N–H and O–H groups in total. The lowest BCUT2D eigenvalue weighted by Crippen LogP contribution is -2.06. The van der Waals surface area contributed by atoms with Crippen LogP contribution in [-0.4, -0.2) is 49.9 Å². The predicted molar refractivity (Wildman–Crippen MR) is 56.4 cm³/mol. The Morgan fingerprint density at radius 2 is 1.50 bits per heavy atom. The van der Waals surface area contributed by atoms with Gasteiger partial charge in [0, 0.05) is 13.2 Å². The summed E-state index contributed by atoms with van der Waals surface area (Å²) in [6.07, 6.45) is 2.04. The molecule has 0 aliphatic carbocycles. The second-order valence-corrected chi connectivity index (χ2v) is 2.61. The molecule has 0 amide bonds. The molecule has 0 aliphatic rings. The van der Waals surface area contributed by atoms with E-state index in [0.717, 1.165) is 19.4 Å². The average molecular weight is 208 g/mol. The van der Waals surface area contributed by atoms with Crippen LogP contribution in [0.3, 0.4) is 0 Å². The van der Waals surface area contributed by atoms with Crippen molar-refractivity contribution in [2.45, 2.75) is 26.7 Å². The van der Waals surface area contributed by atoms with Crippen LogP contribution in [0.4, 0.5) is 0 Å². The quantitative estimate of drug-likeness (QED) is 0.580. The maximum absolute atomic E-state index is 8.26. The van der Waals surface area contributed by atoms with Crippen molar-refractivity contribution in [3.63, 3.8) is 0 Å². The molecule has 0 fully saturated rings. The summed E-state index contributed by atoms with van der Waals surface area (Å²) in [7, 11) is 0. The second-order valence-electron chi connectivity index (χ2n) is 2.61. The molecule has 14 heavy (non-hydrogen) atoms. The summed E-state index contributed by atoms with van der Waals surface area (Å²) < 4.78 is 9.88. The zero-order chi connectivity index (χ0) is 11.1. The van der Waals surface area contributed by atoms with Gasteiger partial charge in [-0.25, -0.2) is 0 Å². The van der Waals surface area contributed by atoms with Crippen molar-refractivity contribution < 1.29 is 19.7 Å². The summed E-state index contributed by atoms with van der Waals surface area (Å²) >= 11 is 0. The Morgan fingerprint density at radius 1 is 0.857 bits per heavy atom. The van der Waals surface area contributed by atoms with E-state index < -0.39 is 0 Å². The molecule has 0 aromatic rings. The first-order valence-electron chi connectivity index (χ1n) is 5.20. The van der Waals surface area contributed by atoms with Gasteiger partial charge in [0.2, 0.25) is 0 Å². The van der Waals surface area contributed by atoms with Crippen LogP contribution < -0.4 is 0 Å². The van der Waals surface area contributed by atoms with Crippen molar-refractivity contribution in [2.24, 2.45) is 0 Å². The van der Waals surface area contributed by atoms with Gasteiger partial charge in [-0.15, -0.1) is 0 Å². The van der Waals surface area contributed by atoms with Crippen LogP contribution >= 0.6 is 0 Å². The molecule has 0 unspecified atom stereocenters. The minimum Gasteiger partial charge on any atom is -0.396 e. The Morgan fingerprint density at radius 3 is 1.86 bits per heavy atom. The molecule has 0 aliphatic heterocycles. The monoisotopic (exact) mass is 208 g/mol. The van der Waals surface area contributed by atoms with Crippen LogP contribution in [0, 0.1) is 0 Å². The van der Waals surface area contributed by atoms with E-state index in [-0.39, 0.29) is 6.61 Å². The summed E-state index contributed by atoms with van der Waals surface area (Å²) in [5, 5.41) is 16.3. The number of ether oxygens (including phenoxy) is 2. The van der Waals surface area contributed by atoms with Crippen molar-refractivity contribution in [3.8, 4) is 0 Å². The SMILES string of the molecule is CCCCO.CCOCCOCCO. The molecule has 0 radical (unpaired) electrons. The zero-order valence-corrected chi connectivity index (χ0v) is 9.37. The van der Waals surface area contributed by atoms with E-state index in [2.05, 4.69) is 6.92 Å². The Kier molecular flexibility index (Phi) is 21.6. The van der Waals surface area contributed by atoms with Crippen LogP contribution in [0.15, 0.2) is 0 Å². The fraction of sp³-hybridized carbons (Fsp3) is 1.00. The largest absolute Gasteiger partial charge is 0.396 e. The third kappa shape index (κ3) is 22.6. The highest BCUT2D eigenvalue weighted by Crippen LogP contribution is 1.79. The molecule has 0 atom stereocenters. The molecule has 88 valence electrons. The summed E-state index contributed by atoms with van der Waals surface area (Å²) in [4.78, 5) is 0. The lowest BCUT2D eigenvalue weighted by Gasteiger charge is -2.00. The van der Waals surface area contributed by atoms with Crippen molar-refractivity contribution in [2.75, 3.05) is 39.6 Å². The number of aliphatic hydroxyl groups is 2. The summed E-state index contributed by atoms with van der Waals surface area (Å²) in [6, 6.07) is 0. The average Bonchev–Trinajstić information content (AvgIpc) is 2.20. The van der Waals surface area contributed by atoms with Crippen LogP contribution in [0.5, 0.6) is 0 Å². The normalized spacial score (nSPS) is 9.43. The van der Waals surface area contributed by atoms with Gasteiger partial charge in [-0.2, -0.15) is 0 Å². The third-order valence-electron chi connectivity index (χ3n) is 1.32. The molecule has 0 bridgehead atoms. The van der Waals surface area contributed by atoms with Gasteiger partial charge in [0.25, 0.3) is 0 Å². The van der Waals surface area contributed by atoms with Gasteiger partial charge >= 0.3 is 0 Å². The summed E-state index contributed by atoms with van der Waals surface area (Å²) in [5.74, 6) is 0. The highest BCUT2D eigenvalue weighted by molar-refractivity contribution is 4.28. The summed E-state index contributed by atoms with van der Waals surface area (Å²) in [6.45, 7) is 6.76. The minimum absolute atomic E-state index is 0.0894. The van der Waals surface area contributed by atoms with Crippen LogP contribution in [0.2, 0.25) is 0 Å². The fourth-order valence-electron chi connectivity index (χ4n) is 0.587. The van der Waals surface area contributed by atoms with Crippen LogP contribution in [0.25, 0.3) is 0 Å². The van der Waals surface area contributed by atoms with Gasteiger partial charge in [0.15, 0.2) is 0 Å². The van der Waals surface area contributed by atoms with Gasteiger partial charge in [-0.05, 0) is 13.3 Å². The third-order valence-corrected chi connectivity index (χ3v) is 1.32. The molecule has 0 saturated carbocycles. The lowest BCUT2D eigenvalue weighted by atomic mass is 10.4. The van der Waals surface area contributed by atoms with E-state index in [0.29, 0.717) is 26.4 Å². The molecule has 0 rings (SSSR count). The van der Waals surface area contributed by atoms with Crippen molar-refractivity contribution in [3.05, 3.63) is 0 Å². The lowest BCUT2D eigenvalue weighted by molar-refractivity contribution is 0.0370. The highest BCUT2D eigenvalue weighted by atomic mass is 16.5. The number of hydrogen-bond donors (Lipinski definition) is 2. The molecule has 0 aromatic heterocycles. The first-order valence-corrected chi connectivity index (χ1v) is 5.20. The zero-order valence-electron chi connectivity index (χ0n) is 9.37. The first-order chi connectivity index (χ1) is 6.83. The van der Waals surface area contributed by atoms with E-state index in [1.807, 2.05) is 6.92 Å². The van der Waals surface area contributed by atoms with E-state index in [1.54, 1.807) is 0 Å². The van der Waals surface area contributed by atoms with Gasteiger partial charge in [0.1, 0.15) is 0 Å². The number of unbranched alkanes of at least 4 members (excludes halogenated alkanes) is 1. The number of rotatable bonds is 8. The maximum Gasteiger partial charge on any atom is 0.0701 e. The summed E-state index contributed by atoms with van der Waals surface area (Å²) in [5.41, 5.74) is 0. The molecule has 0 heterocycles. The second kappa shape index (κ2) is 18.6. The van der Waals surface area contributed by atoms with Gasteiger partial charge in [0.05, 0.1) is 26.4 Å². The molecule has 0 spiro atoms. The van der Waals surface area contributed by atoms with Crippen molar-refractivity contribution in [1.82, 2.24) is 0 Å². The van der Waals surface area contributed by atoms with Gasteiger partial charge in [-0.3, -0.25) is 0 Å². The van der Waals surface area contributed by atoms with Crippen LogP contribution in [0.1, 0.15) is 26.7 Å². The molecule has 4 heteroatoms. The molecule has 4 nitrogen and oxygen atoms in total. The van der Waals surface area contributed by atoms with E-state index in [4.69, 9.17) is 19.7 Å². The Balaban J connectivity index is 0. The Hall–Kier alpha value is -0.160. The fourth-order valence-corrected chi connectivity index (χ4v) is 0.587. The van der Waals surface area contributed by atoms with Crippen LogP contribution in [-0.2, 0) is 9.47 Å². The standard InChI is InChI=1S/C6H14O3.C4H10O/c1-2-8-5-6-9-4-3-7;1-2-3-4-5/h7H,2-6H2,1H3;5H,2-4H2,1H3. The Labute approximate surface area is 86.8 Å². The van der Waals surface area contributed by atoms with Crippen molar-refractivity contribution >= 4 is 0 Å². The number of aliphatic hydroxyl groups excluding tert-OH is 2. The highest BCUT2D eigenvalue weighted by Gasteiger charge is 1.84. The first kappa shape index (κ1) is 16.3. The molecule has 0 aromatic carbocycles. The van der Waals surface area contributed by atoms with Crippen molar-refractivity contribution in [1.29, 1.82) is 0 Å². The molecular formula is C10H24O4. The maximum atomic E-state index is 8.26. The smallest absolute Gasteiger partial charge is 0.0701 e. The van der Waals surface area contributed by atoms with Gasteiger partial charge < -0.3 is 19.7 Å². The minimum atomic E-state index is 0.0894. The predicted octanol–water partition coefficient (Wildman–Crippen LogP) is 0.811. The molecular weight excluding hydrogens is 184 g/mol. The van der Waals surface area contributed by atoms with E-state index >= 15 is 0 Å². The topological polar surface area (TPSA) is 58.9 Å². The van der Waals surface area contributed by atoms with Gasteiger partial charge in [-0.1, -0.05) is 13.3 Å². The number of hydrogen-bond acceptors (Lipinski definition) is 4. The van der Waals surface area contributed by atoms with E-state index in [9.17, 15) is 0 Å². The van der Waals surface area contributed by atoms with E-state index in [1.165, 1.54) is 0 Å². The Bertz CT molecular complexity index is 70.5. The molecule has 0 saturated heterocycles.